The summed E-state index contributed by atoms with van der Waals surface area (Å²) < 4.78 is 5.67. The van der Waals surface area contributed by atoms with Gasteiger partial charge in [0.2, 0.25) is 65.0 Å². The van der Waals surface area contributed by atoms with Gasteiger partial charge in [0.1, 0.15) is 54.4 Å². The normalized spacial score (nSPS) is 29.3. The zero-order valence-electron chi connectivity index (χ0n) is 66.1. The number of amides is 11. The highest BCUT2D eigenvalue weighted by Crippen LogP contribution is 2.33. The van der Waals surface area contributed by atoms with E-state index in [0.717, 1.165) is 43.4 Å². The molecule has 0 aromatic rings. The van der Waals surface area contributed by atoms with Crippen molar-refractivity contribution >= 4 is 65.0 Å². The Kier molecular flexibility index (Phi) is 36.0. The number of piperidine rings is 1. The van der Waals surface area contributed by atoms with Gasteiger partial charge in [-0.2, -0.15) is 0 Å². The minimum Gasteiger partial charge on any atom is -0.391 e. The third-order valence-corrected chi connectivity index (χ3v) is 21.2. The van der Waals surface area contributed by atoms with Crippen molar-refractivity contribution in [2.45, 2.75) is 291 Å². The van der Waals surface area contributed by atoms with E-state index in [-0.39, 0.29) is 73.5 Å². The zero-order chi connectivity index (χ0) is 76.9. The second kappa shape index (κ2) is 41.6. The first kappa shape index (κ1) is 88.4. The second-order valence-corrected chi connectivity index (χ2v) is 32.7. The highest BCUT2D eigenvalue weighted by atomic mass is 16.5. The maximum atomic E-state index is 15.6. The van der Waals surface area contributed by atoms with Gasteiger partial charge in [0, 0.05) is 69.5 Å². The molecule has 2 aliphatic heterocycles. The van der Waals surface area contributed by atoms with Gasteiger partial charge in [-0.15, -0.1) is 0 Å². The van der Waals surface area contributed by atoms with Crippen molar-refractivity contribution in [1.29, 1.82) is 0 Å². The molecule has 0 spiro atoms. The fourth-order valence-electron chi connectivity index (χ4n) is 15.1. The zero-order valence-corrected chi connectivity index (χ0v) is 66.1. The average Bonchev–Trinajstić information content (AvgIpc) is 0.815. The van der Waals surface area contributed by atoms with E-state index in [0.29, 0.717) is 58.0 Å². The summed E-state index contributed by atoms with van der Waals surface area (Å²) in [5.41, 5.74) is 3.46. The number of hydrogen-bond donors (Lipinski definition) is 7. The van der Waals surface area contributed by atoms with E-state index in [1.54, 1.807) is 42.8 Å². The molecule has 7 N–H and O–H groups in total. The van der Waals surface area contributed by atoms with Gasteiger partial charge >= 0.3 is 0 Å². The molecule has 27 heteroatoms. The molecule has 4 rings (SSSR count). The Morgan fingerprint density at radius 3 is 1.49 bits per heavy atom. The van der Waals surface area contributed by atoms with E-state index in [4.69, 9.17) is 4.74 Å². The summed E-state index contributed by atoms with van der Waals surface area (Å²) in [6.07, 6.45) is 5.61. The fourth-order valence-corrected chi connectivity index (χ4v) is 15.1. The van der Waals surface area contributed by atoms with E-state index in [2.05, 4.69) is 26.7 Å². The molecular weight excluding hydrogens is 1310 g/mol. The molecule has 3 unspecified atom stereocenters. The number of nitrogens with one attached hydrogen (secondary N) is 5. The summed E-state index contributed by atoms with van der Waals surface area (Å²) in [6, 6.07) is -11.3. The van der Waals surface area contributed by atoms with Gasteiger partial charge in [-0.3, -0.25) is 52.7 Å². The lowest BCUT2D eigenvalue weighted by atomic mass is 9.81. The van der Waals surface area contributed by atoms with Crippen LogP contribution < -0.4 is 26.7 Å². The maximum absolute atomic E-state index is 15.6. The Balaban J connectivity index is 1.98. The molecule has 584 valence electrons. The molecule has 0 bridgehead atoms. The first-order chi connectivity index (χ1) is 47.7. The predicted molar refractivity (Wildman–Crippen MR) is 392 cm³/mol. The topological polar surface area (TPSA) is 324 Å². The SMILES string of the molecule is COC1CC(C[C@@H]2NC(=O)[C@H](CC(C)C)N(C)C(=O)CN(C)C(=O)[C@H]([C@@H](C)O)NC(=O)[C@H](CC(C)C)N(C)C(=O)[C@H](CC(C)C)NN(C)[C@H](CC3CCCCC3)N(C)C(=O)[C@@H](C(C)C)NC(=O)C[C@@H](C(=O)N3CCCCC3)NC(=O)[C@H](CC(C)C)N(C)C(=O)[C@H](CC(C)C)N(C)C2=O)CCC1O. The summed E-state index contributed by atoms with van der Waals surface area (Å²) in [6.45, 7) is 24.1. The van der Waals surface area contributed by atoms with Crippen LogP contribution in [0.1, 0.15) is 212 Å². The van der Waals surface area contributed by atoms with Crippen molar-refractivity contribution in [3.8, 4) is 0 Å². The van der Waals surface area contributed by atoms with Gasteiger partial charge in [0.15, 0.2) is 0 Å². The highest BCUT2D eigenvalue weighted by Gasteiger charge is 2.45. The van der Waals surface area contributed by atoms with Crippen LogP contribution in [-0.2, 0) is 57.5 Å². The van der Waals surface area contributed by atoms with Crippen LogP contribution in [0.3, 0.4) is 0 Å². The quantitative estimate of drug-likeness (QED) is 0.0993. The van der Waals surface area contributed by atoms with Crippen LogP contribution in [0.15, 0.2) is 0 Å². The van der Waals surface area contributed by atoms with E-state index in [1.165, 1.54) is 68.9 Å². The summed E-state index contributed by atoms with van der Waals surface area (Å²) in [5, 5.41) is 35.6. The van der Waals surface area contributed by atoms with Crippen LogP contribution in [0.25, 0.3) is 0 Å². The van der Waals surface area contributed by atoms with Gasteiger partial charge in [0.05, 0.1) is 37.4 Å². The molecule has 27 nitrogen and oxygen atoms in total. The number of ether oxygens (including phenoxy) is 1. The first-order valence-electron chi connectivity index (χ1n) is 38.2. The van der Waals surface area contributed by atoms with Crippen molar-refractivity contribution < 1.29 is 67.7 Å². The number of hydrazine groups is 1. The number of likely N-dealkylation sites (tertiary alicyclic amines) is 1. The van der Waals surface area contributed by atoms with E-state index < -0.39 is 163 Å². The van der Waals surface area contributed by atoms with Crippen molar-refractivity contribution in [2.75, 3.05) is 76.1 Å². The first-order valence-corrected chi connectivity index (χ1v) is 38.2. The largest absolute Gasteiger partial charge is 0.391 e. The predicted octanol–water partition coefficient (Wildman–Crippen LogP) is 4.50. The maximum Gasteiger partial charge on any atom is 0.248 e. The standard InChI is InChI=1S/C75H135N13O14/c1-44(2)34-55-71(97)83(16)58(37-47(7)8)69(95)79-66(50(13)89)74(100)81(14)43-64(92)82(15)56(35-45(3)4)67(93)76-53(39-52-30-31-60(90)61(40-52)102-21)70(96)85(18)59(38-48(9)10)73(99)84(17)57(36-46(5)6)68(94)77-54(72(98)88-32-26-23-27-33-88)42-62(91)78-65(49(11)12)75(101)86(19)63(87(20)80-55)41-51-28-24-22-25-29-51/h44-61,63,65-66,80,89-90H,22-43H2,1-21H3,(H,76,93)(H,77,94)(H,78,91)(H,79,95)/t50-,52?,53+,54+,55+,56+,57+,58+,59+,60?,61?,63-,65-,66+/m1/s1. The molecule has 2 saturated heterocycles. The van der Waals surface area contributed by atoms with Crippen LogP contribution in [0.5, 0.6) is 0 Å². The number of carbonyl (C=O) groups is 11. The van der Waals surface area contributed by atoms with Crippen LogP contribution in [0.4, 0.5) is 0 Å². The van der Waals surface area contributed by atoms with Crippen molar-refractivity contribution in [1.82, 2.24) is 66.0 Å². The van der Waals surface area contributed by atoms with Crippen LogP contribution in [0.2, 0.25) is 0 Å². The van der Waals surface area contributed by atoms with Gasteiger partial charge in [-0.1, -0.05) is 115 Å². The number of aliphatic hydroxyl groups excluding tert-OH is 2. The number of nitrogens with zero attached hydrogens (tertiary/aromatic N) is 8. The third-order valence-electron chi connectivity index (χ3n) is 21.2. The number of rotatable bonds is 18. The Morgan fingerprint density at radius 1 is 0.490 bits per heavy atom. The molecule has 14 atom stereocenters. The lowest BCUT2D eigenvalue weighted by Crippen LogP contribution is -2.63. The summed E-state index contributed by atoms with van der Waals surface area (Å²) in [5.74, 6) is -8.35. The Morgan fingerprint density at radius 2 is 0.971 bits per heavy atom. The highest BCUT2D eigenvalue weighted by molar-refractivity contribution is 5.99. The summed E-state index contributed by atoms with van der Waals surface area (Å²) >= 11 is 0. The van der Waals surface area contributed by atoms with E-state index >= 15 is 28.8 Å². The van der Waals surface area contributed by atoms with Crippen molar-refractivity contribution in [3.05, 3.63) is 0 Å². The van der Waals surface area contributed by atoms with Gasteiger partial charge in [-0.25, -0.2) is 10.4 Å². The fraction of sp³-hybridized carbons (Fsp3) is 0.853. The Hall–Kier alpha value is -6.03. The molecular formula is C75H135N13O14. The van der Waals surface area contributed by atoms with Crippen molar-refractivity contribution in [3.63, 3.8) is 0 Å². The molecule has 2 aliphatic carbocycles. The molecule has 2 saturated carbocycles. The van der Waals surface area contributed by atoms with E-state index in [9.17, 15) is 34.2 Å². The summed E-state index contributed by atoms with van der Waals surface area (Å²) in [4.78, 5) is 175. The number of methoxy groups -OCH3 is 1. The average molecular weight is 1440 g/mol. The Labute approximate surface area is 610 Å². The molecule has 4 aliphatic rings. The van der Waals surface area contributed by atoms with Crippen LogP contribution >= 0.6 is 0 Å². The second-order valence-electron chi connectivity index (χ2n) is 32.7. The molecule has 0 radical (unpaired) electrons. The number of likely N-dealkylation sites (N-methyl/N-ethyl adjacent to an activating group) is 6. The number of hydrogen-bond acceptors (Lipinski definition) is 16. The lowest BCUT2D eigenvalue weighted by Gasteiger charge is -2.42. The molecule has 0 aromatic carbocycles. The molecule has 0 aromatic heterocycles. The van der Waals surface area contributed by atoms with Crippen molar-refractivity contribution in [2.24, 2.45) is 47.3 Å². The van der Waals surface area contributed by atoms with E-state index in [1.807, 2.05) is 69.2 Å². The van der Waals surface area contributed by atoms with Gasteiger partial charge in [-0.05, 0) is 138 Å². The summed E-state index contributed by atoms with van der Waals surface area (Å²) in [7, 11) is 12.2. The lowest BCUT2D eigenvalue weighted by molar-refractivity contribution is -0.151. The van der Waals surface area contributed by atoms with Gasteiger partial charge < -0.3 is 70.5 Å². The molecule has 2 heterocycles. The Bertz CT molecular complexity index is 2760. The molecule has 102 heavy (non-hydrogen) atoms. The number of aliphatic hydroxyl groups is 2. The number of carbonyl (C=O) groups excluding carboxylic acids is 11. The monoisotopic (exact) mass is 1440 g/mol. The third kappa shape index (κ3) is 25.9. The molecule has 11 amide bonds. The minimum atomic E-state index is -1.60. The van der Waals surface area contributed by atoms with Crippen LogP contribution in [-0.4, -0.2) is 269 Å². The minimum absolute atomic E-state index is 0.0481. The van der Waals surface area contributed by atoms with Crippen LogP contribution in [0, 0.1) is 47.3 Å². The smallest absolute Gasteiger partial charge is 0.248 e. The molecule has 4 fully saturated rings. The van der Waals surface area contributed by atoms with Gasteiger partial charge in [0.25, 0.3) is 0 Å².